The zero-order chi connectivity index (χ0) is 20.2. The number of nitrogens with zero attached hydrogens (tertiary/aromatic N) is 1. The van der Waals surface area contributed by atoms with Crippen LogP contribution in [0.25, 0.3) is 0 Å². The minimum absolute atomic E-state index is 0.0918. The summed E-state index contributed by atoms with van der Waals surface area (Å²) in [5.74, 6) is 0.789. The molecule has 6 heteroatoms. The van der Waals surface area contributed by atoms with Gasteiger partial charge in [-0.2, -0.15) is 0 Å². The van der Waals surface area contributed by atoms with Gasteiger partial charge in [-0.15, -0.1) is 0 Å². The number of amides is 1. The molecule has 0 aromatic heterocycles. The second-order valence-corrected chi connectivity index (χ2v) is 6.89. The standard InChI is InChI=1S/C23H21FN2O3/c1-26-14-20(29-22-8-3-2-7-21(22)26)15-28-19-11-9-16(10-12-19)23(27)25-18-6-4-5-17(24)13-18/h2-13,20H,14-15H2,1H3,(H,25,27)/t20-/m0/s1. The molecule has 1 heterocycles. The molecule has 0 saturated carbocycles. The van der Waals surface area contributed by atoms with Crippen molar-refractivity contribution >= 4 is 17.3 Å². The monoisotopic (exact) mass is 392 g/mol. The van der Waals surface area contributed by atoms with Gasteiger partial charge in [0.2, 0.25) is 0 Å². The number of para-hydroxylation sites is 2. The summed E-state index contributed by atoms with van der Waals surface area (Å²) in [5.41, 5.74) is 1.94. The Labute approximate surface area is 168 Å². The van der Waals surface area contributed by atoms with Gasteiger partial charge in [0, 0.05) is 18.3 Å². The van der Waals surface area contributed by atoms with Gasteiger partial charge in [0.1, 0.15) is 30.0 Å². The number of benzene rings is 3. The zero-order valence-corrected chi connectivity index (χ0v) is 16.0. The highest BCUT2D eigenvalue weighted by Crippen LogP contribution is 2.32. The first kappa shape index (κ1) is 18.8. The van der Waals surface area contributed by atoms with Crippen molar-refractivity contribution in [3.05, 3.63) is 84.2 Å². The van der Waals surface area contributed by atoms with Crippen LogP contribution in [0, 0.1) is 5.82 Å². The van der Waals surface area contributed by atoms with E-state index < -0.39 is 5.82 Å². The minimum atomic E-state index is -0.398. The van der Waals surface area contributed by atoms with Crippen LogP contribution in [0.1, 0.15) is 10.4 Å². The normalized spacial score (nSPS) is 15.2. The van der Waals surface area contributed by atoms with E-state index in [2.05, 4.69) is 10.2 Å². The molecule has 0 saturated heterocycles. The van der Waals surface area contributed by atoms with Gasteiger partial charge in [0.25, 0.3) is 5.91 Å². The molecule has 3 aromatic carbocycles. The summed E-state index contributed by atoms with van der Waals surface area (Å²) in [6, 6.07) is 20.5. The van der Waals surface area contributed by atoms with Crippen molar-refractivity contribution in [1.82, 2.24) is 0 Å². The van der Waals surface area contributed by atoms with Crippen molar-refractivity contribution in [1.29, 1.82) is 0 Å². The van der Waals surface area contributed by atoms with Gasteiger partial charge in [0.05, 0.1) is 12.2 Å². The number of hydrogen-bond acceptors (Lipinski definition) is 4. The third-order valence-corrected chi connectivity index (χ3v) is 4.68. The molecule has 0 aliphatic carbocycles. The average molecular weight is 392 g/mol. The molecular formula is C23H21FN2O3. The van der Waals surface area contributed by atoms with E-state index >= 15 is 0 Å². The molecule has 0 fully saturated rings. The summed E-state index contributed by atoms with van der Waals surface area (Å²) in [5, 5.41) is 2.67. The lowest BCUT2D eigenvalue weighted by Crippen LogP contribution is -2.41. The lowest BCUT2D eigenvalue weighted by atomic mass is 10.2. The molecule has 1 aliphatic rings. The van der Waals surface area contributed by atoms with E-state index in [1.165, 1.54) is 12.1 Å². The molecule has 0 radical (unpaired) electrons. The molecule has 1 aliphatic heterocycles. The maximum atomic E-state index is 13.2. The van der Waals surface area contributed by atoms with Gasteiger partial charge < -0.3 is 19.7 Å². The molecule has 3 aromatic rings. The predicted molar refractivity (Wildman–Crippen MR) is 110 cm³/mol. The molecule has 1 amide bonds. The molecule has 148 valence electrons. The molecule has 1 atom stereocenters. The summed E-state index contributed by atoms with van der Waals surface area (Å²) >= 11 is 0. The topological polar surface area (TPSA) is 50.8 Å². The van der Waals surface area contributed by atoms with Crippen LogP contribution in [-0.2, 0) is 0 Å². The molecule has 0 spiro atoms. The fourth-order valence-corrected chi connectivity index (χ4v) is 3.24. The van der Waals surface area contributed by atoms with Crippen molar-refractivity contribution in [2.24, 2.45) is 0 Å². The Morgan fingerprint density at radius 3 is 2.72 bits per heavy atom. The predicted octanol–water partition coefficient (Wildman–Crippen LogP) is 4.35. The Kier molecular flexibility index (Phi) is 5.33. The zero-order valence-electron chi connectivity index (χ0n) is 16.0. The maximum absolute atomic E-state index is 13.2. The van der Waals surface area contributed by atoms with E-state index in [4.69, 9.17) is 9.47 Å². The summed E-state index contributed by atoms with van der Waals surface area (Å²) in [7, 11) is 2.03. The van der Waals surface area contributed by atoms with Crippen LogP contribution < -0.4 is 19.7 Å². The van der Waals surface area contributed by atoms with E-state index in [-0.39, 0.29) is 12.0 Å². The summed E-state index contributed by atoms with van der Waals surface area (Å²) in [4.78, 5) is 14.4. The highest BCUT2D eigenvalue weighted by Gasteiger charge is 2.23. The van der Waals surface area contributed by atoms with Gasteiger partial charge in [0.15, 0.2) is 0 Å². The van der Waals surface area contributed by atoms with Crippen LogP contribution in [0.5, 0.6) is 11.5 Å². The smallest absolute Gasteiger partial charge is 0.255 e. The van der Waals surface area contributed by atoms with Crippen molar-refractivity contribution < 1.29 is 18.7 Å². The maximum Gasteiger partial charge on any atom is 0.255 e. The van der Waals surface area contributed by atoms with Crippen molar-refractivity contribution in [3.63, 3.8) is 0 Å². The largest absolute Gasteiger partial charge is 0.490 e. The first-order valence-electron chi connectivity index (χ1n) is 9.35. The molecule has 1 N–H and O–H groups in total. The molecule has 0 bridgehead atoms. The highest BCUT2D eigenvalue weighted by molar-refractivity contribution is 6.04. The van der Waals surface area contributed by atoms with Crippen LogP contribution in [0.15, 0.2) is 72.8 Å². The quantitative estimate of drug-likeness (QED) is 0.701. The Bertz CT molecular complexity index is 1010. The average Bonchev–Trinajstić information content (AvgIpc) is 2.73. The summed E-state index contributed by atoms with van der Waals surface area (Å²) in [6.45, 7) is 1.12. The summed E-state index contributed by atoms with van der Waals surface area (Å²) in [6.07, 6.45) is -0.0918. The van der Waals surface area contributed by atoms with Gasteiger partial charge in [-0.25, -0.2) is 4.39 Å². The second kappa shape index (κ2) is 8.22. The molecule has 4 rings (SSSR count). The van der Waals surface area contributed by atoms with Crippen LogP contribution in [-0.4, -0.2) is 32.2 Å². The molecular weight excluding hydrogens is 371 g/mol. The highest BCUT2D eigenvalue weighted by atomic mass is 19.1. The molecule has 5 nitrogen and oxygen atoms in total. The van der Waals surface area contributed by atoms with Gasteiger partial charge >= 0.3 is 0 Å². The van der Waals surface area contributed by atoms with Crippen LogP contribution >= 0.6 is 0 Å². The fraction of sp³-hybridized carbons (Fsp3) is 0.174. The van der Waals surface area contributed by atoms with Gasteiger partial charge in [-0.1, -0.05) is 18.2 Å². The fourth-order valence-electron chi connectivity index (χ4n) is 3.24. The van der Waals surface area contributed by atoms with Crippen molar-refractivity contribution in [3.8, 4) is 11.5 Å². The number of hydrogen-bond donors (Lipinski definition) is 1. The number of rotatable bonds is 5. The van der Waals surface area contributed by atoms with Crippen LogP contribution in [0.3, 0.4) is 0 Å². The van der Waals surface area contributed by atoms with E-state index in [9.17, 15) is 9.18 Å². The number of ether oxygens (including phenoxy) is 2. The Hall–Kier alpha value is -3.54. The van der Waals surface area contributed by atoms with Crippen molar-refractivity contribution in [2.75, 3.05) is 30.4 Å². The third kappa shape index (κ3) is 4.48. The Morgan fingerprint density at radius 2 is 1.93 bits per heavy atom. The number of carbonyl (C=O) groups is 1. The Morgan fingerprint density at radius 1 is 1.14 bits per heavy atom. The number of nitrogens with one attached hydrogen (secondary N) is 1. The first-order chi connectivity index (χ1) is 14.1. The Balaban J connectivity index is 1.33. The molecule has 29 heavy (non-hydrogen) atoms. The number of halogens is 1. The molecule has 0 unspecified atom stereocenters. The SMILES string of the molecule is CN1C[C@@H](COc2ccc(C(=O)Nc3cccc(F)c3)cc2)Oc2ccccc21. The number of anilines is 2. The summed E-state index contributed by atoms with van der Waals surface area (Å²) < 4.78 is 25.1. The van der Waals surface area contributed by atoms with E-state index in [1.54, 1.807) is 36.4 Å². The van der Waals surface area contributed by atoms with E-state index in [0.717, 1.165) is 18.0 Å². The number of carbonyl (C=O) groups excluding carboxylic acids is 1. The lowest BCUT2D eigenvalue weighted by Gasteiger charge is -2.33. The number of fused-ring (bicyclic) bond motifs is 1. The van der Waals surface area contributed by atoms with Crippen LogP contribution in [0.2, 0.25) is 0 Å². The van der Waals surface area contributed by atoms with Crippen molar-refractivity contribution in [2.45, 2.75) is 6.10 Å². The van der Waals surface area contributed by atoms with Crippen LogP contribution in [0.4, 0.5) is 15.8 Å². The van der Waals surface area contributed by atoms with Gasteiger partial charge in [-0.05, 0) is 54.6 Å². The second-order valence-electron chi connectivity index (χ2n) is 6.89. The van der Waals surface area contributed by atoms with E-state index in [0.29, 0.717) is 23.6 Å². The number of likely N-dealkylation sites (N-methyl/N-ethyl adjacent to an activating group) is 1. The van der Waals surface area contributed by atoms with E-state index in [1.807, 2.05) is 31.3 Å². The van der Waals surface area contributed by atoms with Gasteiger partial charge in [-0.3, -0.25) is 4.79 Å². The minimum Gasteiger partial charge on any atom is -0.490 e. The third-order valence-electron chi connectivity index (χ3n) is 4.68. The first-order valence-corrected chi connectivity index (χ1v) is 9.35. The lowest BCUT2D eigenvalue weighted by molar-refractivity contribution is 0.102.